The summed E-state index contributed by atoms with van der Waals surface area (Å²) in [5.74, 6) is 0. The molecule has 1 atom stereocenters. The van der Waals surface area contributed by atoms with Crippen LogP contribution in [0.1, 0.15) is 51.5 Å². The predicted molar refractivity (Wildman–Crippen MR) is 116 cm³/mol. The van der Waals surface area contributed by atoms with Crippen molar-refractivity contribution in [2.24, 2.45) is 0 Å². The molecule has 0 saturated heterocycles. The fourth-order valence-electron chi connectivity index (χ4n) is 4.94. The summed E-state index contributed by atoms with van der Waals surface area (Å²) in [5.41, 5.74) is 3.44. The van der Waals surface area contributed by atoms with E-state index in [-0.39, 0.29) is 17.2 Å². The number of likely N-dealkylation sites (N-methyl/N-ethyl adjacent to an activating group) is 1. The minimum absolute atomic E-state index is 0.0415. The molecule has 0 bridgehead atoms. The van der Waals surface area contributed by atoms with Gasteiger partial charge in [0.1, 0.15) is 6.17 Å². The highest BCUT2D eigenvalue weighted by Gasteiger charge is 2.47. The maximum Gasteiger partial charge on any atom is 0.103 e. The van der Waals surface area contributed by atoms with E-state index in [2.05, 4.69) is 72.8 Å². The van der Waals surface area contributed by atoms with Gasteiger partial charge in [-0.2, -0.15) is 0 Å². The van der Waals surface area contributed by atoms with Gasteiger partial charge in [0, 0.05) is 17.6 Å². The van der Waals surface area contributed by atoms with Gasteiger partial charge in [-0.15, -0.1) is 0 Å². The minimum Gasteiger partial charge on any atom is -0.374 e. The minimum atomic E-state index is -0.240. The van der Waals surface area contributed by atoms with Crippen LogP contribution in [-0.4, -0.2) is 18.8 Å². The fourth-order valence-corrected chi connectivity index (χ4v) is 5.31. The fraction of sp³-hybridized carbons (Fsp3) is 0.478. The van der Waals surface area contributed by atoms with E-state index in [1.54, 1.807) is 0 Å². The Labute approximate surface area is 168 Å². The lowest BCUT2D eigenvalue weighted by Crippen LogP contribution is -2.68. The van der Waals surface area contributed by atoms with Crippen molar-refractivity contribution >= 4 is 23.0 Å². The highest BCUT2D eigenvalue weighted by atomic mass is 35.5. The van der Waals surface area contributed by atoms with Crippen molar-refractivity contribution in [3.05, 3.63) is 59.1 Å². The maximum atomic E-state index is 6.55. The molecule has 0 aromatic heterocycles. The monoisotopic (exact) mass is 383 g/mol. The first-order chi connectivity index (χ1) is 12.9. The maximum absolute atomic E-state index is 6.55. The number of anilines is 2. The standard InChI is InChI=1S/C23H30ClN3/c1-22(2,17-11-5-6-12-18(17)24)26-21-23(15-9-4-10-16-23)25-19-13-7-8-14-20(19)27(21)3/h5-8,11-14,21,25-26H,4,9-10,15-16H2,1-3H3. The first kappa shape index (κ1) is 18.6. The largest absolute Gasteiger partial charge is 0.374 e. The Morgan fingerprint density at radius 3 is 2.44 bits per heavy atom. The van der Waals surface area contributed by atoms with Crippen LogP contribution < -0.4 is 15.5 Å². The van der Waals surface area contributed by atoms with Crippen molar-refractivity contribution < 1.29 is 0 Å². The van der Waals surface area contributed by atoms with Gasteiger partial charge >= 0.3 is 0 Å². The Morgan fingerprint density at radius 1 is 1.04 bits per heavy atom. The van der Waals surface area contributed by atoms with Gasteiger partial charge in [0.15, 0.2) is 0 Å². The van der Waals surface area contributed by atoms with Crippen molar-refractivity contribution in [1.82, 2.24) is 5.32 Å². The molecule has 3 nitrogen and oxygen atoms in total. The molecule has 1 spiro atoms. The van der Waals surface area contributed by atoms with E-state index in [1.807, 2.05) is 12.1 Å². The summed E-state index contributed by atoms with van der Waals surface area (Å²) in [4.78, 5) is 2.43. The van der Waals surface area contributed by atoms with Crippen LogP contribution in [0.15, 0.2) is 48.5 Å². The van der Waals surface area contributed by atoms with Crippen LogP contribution in [0.4, 0.5) is 11.4 Å². The number of benzene rings is 2. The molecule has 2 aromatic rings. The third kappa shape index (κ3) is 3.32. The topological polar surface area (TPSA) is 27.3 Å². The van der Waals surface area contributed by atoms with Crippen LogP contribution in [0, 0.1) is 0 Å². The smallest absolute Gasteiger partial charge is 0.103 e. The molecule has 1 fully saturated rings. The second kappa shape index (κ2) is 7.03. The summed E-state index contributed by atoms with van der Waals surface area (Å²) in [6.45, 7) is 4.47. The molecular formula is C23H30ClN3. The van der Waals surface area contributed by atoms with E-state index in [1.165, 1.54) is 43.5 Å². The first-order valence-electron chi connectivity index (χ1n) is 10.1. The van der Waals surface area contributed by atoms with Gasteiger partial charge in [0.2, 0.25) is 0 Å². The second-order valence-corrected chi connectivity index (χ2v) is 9.03. The van der Waals surface area contributed by atoms with Crippen LogP contribution in [0.25, 0.3) is 0 Å². The highest BCUT2D eigenvalue weighted by Crippen LogP contribution is 2.44. The molecule has 2 aromatic carbocycles. The molecule has 1 aliphatic carbocycles. The van der Waals surface area contributed by atoms with Gasteiger partial charge in [-0.25, -0.2) is 0 Å². The van der Waals surface area contributed by atoms with Crippen molar-refractivity contribution in [2.45, 2.75) is 63.2 Å². The average molecular weight is 384 g/mol. The number of hydrogen-bond acceptors (Lipinski definition) is 3. The normalized spacial score (nSPS) is 21.6. The Morgan fingerprint density at radius 2 is 1.70 bits per heavy atom. The third-order valence-electron chi connectivity index (χ3n) is 6.37. The number of nitrogens with one attached hydrogen (secondary N) is 2. The Hall–Kier alpha value is -1.71. The summed E-state index contributed by atoms with van der Waals surface area (Å²) in [6.07, 6.45) is 6.43. The number of nitrogens with zero attached hydrogens (tertiary/aromatic N) is 1. The molecule has 2 aliphatic rings. The summed E-state index contributed by atoms with van der Waals surface area (Å²) >= 11 is 6.55. The SMILES string of the molecule is CN1c2ccccc2NC2(CCCCC2)C1NC(C)(C)c1ccccc1Cl. The Bertz CT molecular complexity index is 811. The van der Waals surface area contributed by atoms with Gasteiger partial charge in [0.05, 0.1) is 16.9 Å². The molecule has 144 valence electrons. The van der Waals surface area contributed by atoms with Crippen LogP contribution in [0.3, 0.4) is 0 Å². The van der Waals surface area contributed by atoms with Crippen LogP contribution in [0.2, 0.25) is 5.02 Å². The zero-order chi connectivity index (χ0) is 19.1. The summed E-state index contributed by atoms with van der Waals surface area (Å²) in [7, 11) is 2.22. The van der Waals surface area contributed by atoms with Gasteiger partial charge < -0.3 is 10.2 Å². The van der Waals surface area contributed by atoms with E-state index in [0.29, 0.717) is 0 Å². The number of hydrogen-bond donors (Lipinski definition) is 2. The van der Waals surface area contributed by atoms with Crippen molar-refractivity contribution in [1.29, 1.82) is 0 Å². The van der Waals surface area contributed by atoms with Crippen molar-refractivity contribution in [2.75, 3.05) is 17.3 Å². The quantitative estimate of drug-likeness (QED) is 0.705. The summed E-state index contributed by atoms with van der Waals surface area (Å²) in [5, 5.41) is 8.75. The van der Waals surface area contributed by atoms with Crippen molar-refractivity contribution in [3.8, 4) is 0 Å². The third-order valence-corrected chi connectivity index (χ3v) is 6.70. The zero-order valence-electron chi connectivity index (χ0n) is 16.6. The average Bonchev–Trinajstić information content (AvgIpc) is 2.66. The molecule has 1 heterocycles. The van der Waals surface area contributed by atoms with E-state index in [0.717, 1.165) is 10.6 Å². The molecule has 1 saturated carbocycles. The predicted octanol–water partition coefficient (Wildman–Crippen LogP) is 5.76. The Kier molecular flexibility index (Phi) is 4.85. The number of rotatable bonds is 3. The van der Waals surface area contributed by atoms with Crippen molar-refractivity contribution in [3.63, 3.8) is 0 Å². The number of halogens is 1. The first-order valence-corrected chi connectivity index (χ1v) is 10.4. The number of fused-ring (bicyclic) bond motifs is 1. The van der Waals surface area contributed by atoms with Gasteiger partial charge in [-0.3, -0.25) is 5.32 Å². The van der Waals surface area contributed by atoms with Crippen LogP contribution in [0.5, 0.6) is 0 Å². The lowest BCUT2D eigenvalue weighted by atomic mass is 9.76. The molecule has 1 unspecified atom stereocenters. The van der Waals surface area contributed by atoms with E-state index >= 15 is 0 Å². The van der Waals surface area contributed by atoms with E-state index in [4.69, 9.17) is 11.6 Å². The molecule has 0 amide bonds. The molecule has 0 radical (unpaired) electrons. The molecule has 2 N–H and O–H groups in total. The second-order valence-electron chi connectivity index (χ2n) is 8.62. The molecule has 4 rings (SSSR count). The van der Waals surface area contributed by atoms with Gasteiger partial charge in [0.25, 0.3) is 0 Å². The van der Waals surface area contributed by atoms with Crippen LogP contribution >= 0.6 is 11.6 Å². The van der Waals surface area contributed by atoms with E-state index in [9.17, 15) is 0 Å². The molecule has 1 aliphatic heterocycles. The highest BCUT2D eigenvalue weighted by molar-refractivity contribution is 6.31. The number of para-hydroxylation sites is 2. The van der Waals surface area contributed by atoms with Gasteiger partial charge in [-0.1, -0.05) is 61.2 Å². The lowest BCUT2D eigenvalue weighted by molar-refractivity contribution is 0.194. The molecular weight excluding hydrogens is 354 g/mol. The van der Waals surface area contributed by atoms with E-state index < -0.39 is 0 Å². The summed E-state index contributed by atoms with van der Waals surface area (Å²) < 4.78 is 0. The Balaban J connectivity index is 1.73. The summed E-state index contributed by atoms with van der Waals surface area (Å²) in [6, 6.07) is 16.8. The van der Waals surface area contributed by atoms with Crippen LogP contribution in [-0.2, 0) is 5.54 Å². The molecule has 27 heavy (non-hydrogen) atoms. The zero-order valence-corrected chi connectivity index (χ0v) is 17.3. The molecule has 4 heteroatoms. The van der Waals surface area contributed by atoms with Gasteiger partial charge in [-0.05, 0) is 50.5 Å². The lowest BCUT2D eigenvalue weighted by Gasteiger charge is -2.55.